The molecule has 0 aromatic heterocycles. The molecular formula is C9H16N4O4S. The molecular weight excluding hydrogens is 260 g/mol. The Hall–Kier alpha value is -1.74. The average Bonchev–Trinajstić information content (AvgIpc) is 2.33. The lowest BCUT2D eigenvalue weighted by molar-refractivity contribution is -0.139. The Morgan fingerprint density at radius 3 is 2.17 bits per heavy atom. The molecule has 18 heavy (non-hydrogen) atoms. The highest BCUT2D eigenvalue weighted by Crippen LogP contribution is 1.72. The second-order valence-electron chi connectivity index (χ2n) is 3.17. The van der Waals surface area contributed by atoms with E-state index in [1.54, 1.807) is 0 Å². The van der Waals surface area contributed by atoms with Crippen LogP contribution in [0.25, 0.3) is 0 Å². The first-order valence-corrected chi connectivity index (χ1v) is 5.48. The molecule has 0 bridgehead atoms. The van der Waals surface area contributed by atoms with Crippen molar-refractivity contribution in [1.29, 1.82) is 0 Å². The van der Waals surface area contributed by atoms with E-state index in [2.05, 4.69) is 28.2 Å². The first-order valence-electron chi connectivity index (χ1n) is 5.07. The van der Waals surface area contributed by atoms with Crippen LogP contribution < -0.4 is 21.7 Å². The lowest BCUT2D eigenvalue weighted by Gasteiger charge is -2.06. The van der Waals surface area contributed by atoms with Gasteiger partial charge in [0.25, 0.3) is 0 Å². The number of carbonyl (C=O) groups excluding carboxylic acids is 3. The molecule has 0 aliphatic rings. The SMILES string of the molecule is COCCNC(=O)CNC(=O)C(=O)NCC(N)=S. The second kappa shape index (κ2) is 9.31. The molecule has 0 aromatic carbocycles. The van der Waals surface area contributed by atoms with Crippen molar-refractivity contribution in [2.24, 2.45) is 5.73 Å². The van der Waals surface area contributed by atoms with Crippen LogP contribution in [0.2, 0.25) is 0 Å². The first-order chi connectivity index (χ1) is 8.47. The Kier molecular flexibility index (Phi) is 8.41. The fraction of sp³-hybridized carbons (Fsp3) is 0.556. The summed E-state index contributed by atoms with van der Waals surface area (Å²) in [7, 11) is 1.50. The maximum absolute atomic E-state index is 11.2. The number of ether oxygens (including phenoxy) is 1. The number of hydrogen-bond donors (Lipinski definition) is 4. The molecule has 0 saturated carbocycles. The molecule has 0 rings (SSSR count). The van der Waals surface area contributed by atoms with E-state index in [4.69, 9.17) is 10.5 Å². The second-order valence-corrected chi connectivity index (χ2v) is 3.70. The van der Waals surface area contributed by atoms with Crippen LogP contribution in [-0.4, -0.2) is 56.1 Å². The summed E-state index contributed by atoms with van der Waals surface area (Å²) in [4.78, 5) is 33.5. The zero-order valence-electron chi connectivity index (χ0n) is 9.95. The van der Waals surface area contributed by atoms with Crippen molar-refractivity contribution >= 4 is 34.9 Å². The smallest absolute Gasteiger partial charge is 0.309 e. The molecule has 0 aliphatic heterocycles. The molecule has 0 spiro atoms. The van der Waals surface area contributed by atoms with Gasteiger partial charge in [0.05, 0.1) is 24.7 Å². The highest BCUT2D eigenvalue weighted by atomic mass is 32.1. The van der Waals surface area contributed by atoms with E-state index in [1.807, 2.05) is 0 Å². The molecule has 0 heterocycles. The maximum atomic E-state index is 11.2. The summed E-state index contributed by atoms with van der Waals surface area (Å²) in [5.74, 6) is -2.23. The minimum atomic E-state index is -0.923. The predicted octanol–water partition coefficient (Wildman–Crippen LogP) is -2.73. The summed E-state index contributed by atoms with van der Waals surface area (Å²) < 4.78 is 4.72. The first kappa shape index (κ1) is 16.3. The van der Waals surface area contributed by atoms with Gasteiger partial charge < -0.3 is 26.4 Å². The lowest BCUT2D eigenvalue weighted by Crippen LogP contribution is -2.46. The Balaban J connectivity index is 3.77. The van der Waals surface area contributed by atoms with Crippen molar-refractivity contribution in [3.8, 4) is 0 Å². The molecule has 0 saturated heterocycles. The van der Waals surface area contributed by atoms with Crippen molar-refractivity contribution < 1.29 is 19.1 Å². The van der Waals surface area contributed by atoms with Crippen molar-refractivity contribution in [2.45, 2.75) is 0 Å². The Morgan fingerprint density at radius 1 is 1.11 bits per heavy atom. The fourth-order valence-electron chi connectivity index (χ4n) is 0.844. The van der Waals surface area contributed by atoms with E-state index in [0.717, 1.165) is 0 Å². The highest BCUT2D eigenvalue weighted by molar-refractivity contribution is 7.80. The summed E-state index contributed by atoms with van der Waals surface area (Å²) in [6, 6.07) is 0. The third kappa shape index (κ3) is 8.42. The maximum Gasteiger partial charge on any atom is 0.309 e. The minimum absolute atomic E-state index is 0.0634. The van der Waals surface area contributed by atoms with Crippen LogP contribution in [0.4, 0.5) is 0 Å². The summed E-state index contributed by atoms with van der Waals surface area (Å²) >= 11 is 4.52. The van der Waals surface area contributed by atoms with Gasteiger partial charge in [0.1, 0.15) is 0 Å². The van der Waals surface area contributed by atoms with Crippen LogP contribution in [0, 0.1) is 0 Å². The quantitative estimate of drug-likeness (QED) is 0.227. The average molecular weight is 276 g/mol. The molecule has 0 unspecified atom stereocenters. The van der Waals surface area contributed by atoms with Gasteiger partial charge >= 0.3 is 11.8 Å². The molecule has 8 nitrogen and oxygen atoms in total. The van der Waals surface area contributed by atoms with Gasteiger partial charge in [-0.25, -0.2) is 0 Å². The third-order valence-corrected chi connectivity index (χ3v) is 1.81. The van der Waals surface area contributed by atoms with E-state index >= 15 is 0 Å². The monoisotopic (exact) mass is 276 g/mol. The van der Waals surface area contributed by atoms with Crippen LogP contribution in [0.1, 0.15) is 0 Å². The fourth-order valence-corrected chi connectivity index (χ4v) is 0.916. The van der Waals surface area contributed by atoms with E-state index in [0.29, 0.717) is 13.2 Å². The summed E-state index contributed by atoms with van der Waals surface area (Å²) in [5.41, 5.74) is 5.14. The summed E-state index contributed by atoms with van der Waals surface area (Å²) in [6.45, 7) is 0.345. The van der Waals surface area contributed by atoms with Crippen LogP contribution in [0.3, 0.4) is 0 Å². The molecule has 9 heteroatoms. The number of methoxy groups -OCH3 is 1. The van der Waals surface area contributed by atoms with Gasteiger partial charge in [0.15, 0.2) is 0 Å². The van der Waals surface area contributed by atoms with Crippen LogP contribution >= 0.6 is 12.2 Å². The van der Waals surface area contributed by atoms with E-state index in [1.165, 1.54) is 7.11 Å². The van der Waals surface area contributed by atoms with E-state index < -0.39 is 17.7 Å². The third-order valence-electron chi connectivity index (χ3n) is 1.67. The molecule has 0 fully saturated rings. The molecule has 3 amide bonds. The van der Waals surface area contributed by atoms with Crippen molar-refractivity contribution in [3.63, 3.8) is 0 Å². The largest absolute Gasteiger partial charge is 0.392 e. The molecule has 0 aliphatic carbocycles. The molecule has 5 N–H and O–H groups in total. The van der Waals surface area contributed by atoms with Crippen LogP contribution in [-0.2, 0) is 19.1 Å². The number of carbonyl (C=O) groups is 3. The van der Waals surface area contributed by atoms with Crippen molar-refractivity contribution in [3.05, 3.63) is 0 Å². The standard InChI is InChI=1S/C9H16N4O4S/c1-17-3-2-11-7(14)5-13-9(16)8(15)12-4-6(10)18/h2-5H2,1H3,(H2,10,18)(H,11,14)(H,12,15)(H,13,16). The Labute approximate surface area is 110 Å². The van der Waals surface area contributed by atoms with Gasteiger partial charge in [0.2, 0.25) is 5.91 Å². The summed E-state index contributed by atoms with van der Waals surface area (Å²) in [6.07, 6.45) is 0. The van der Waals surface area contributed by atoms with E-state index in [-0.39, 0.29) is 18.1 Å². The van der Waals surface area contributed by atoms with Gasteiger partial charge in [-0.05, 0) is 0 Å². The summed E-state index contributed by atoms with van der Waals surface area (Å²) in [5, 5.41) is 6.81. The van der Waals surface area contributed by atoms with Crippen molar-refractivity contribution in [1.82, 2.24) is 16.0 Å². The van der Waals surface area contributed by atoms with Gasteiger partial charge in [-0.15, -0.1) is 0 Å². The predicted molar refractivity (Wildman–Crippen MR) is 67.7 cm³/mol. The molecule has 0 aromatic rings. The van der Waals surface area contributed by atoms with Crippen LogP contribution in [0.15, 0.2) is 0 Å². The van der Waals surface area contributed by atoms with Crippen LogP contribution in [0.5, 0.6) is 0 Å². The topological polar surface area (TPSA) is 123 Å². The zero-order valence-corrected chi connectivity index (χ0v) is 10.8. The van der Waals surface area contributed by atoms with Gasteiger partial charge in [-0.1, -0.05) is 12.2 Å². The Bertz CT molecular complexity index is 335. The van der Waals surface area contributed by atoms with Gasteiger partial charge in [-0.3, -0.25) is 14.4 Å². The zero-order chi connectivity index (χ0) is 14.0. The van der Waals surface area contributed by atoms with Gasteiger partial charge in [0, 0.05) is 13.7 Å². The van der Waals surface area contributed by atoms with Crippen molar-refractivity contribution in [2.75, 3.05) is 33.4 Å². The molecule has 0 radical (unpaired) electrons. The normalized spacial score (nSPS) is 9.39. The number of nitrogens with two attached hydrogens (primary N) is 1. The number of amides is 3. The molecule has 102 valence electrons. The number of nitrogens with one attached hydrogen (secondary N) is 3. The Morgan fingerprint density at radius 2 is 1.67 bits per heavy atom. The molecule has 0 atom stereocenters. The lowest BCUT2D eigenvalue weighted by atomic mass is 10.4. The minimum Gasteiger partial charge on any atom is -0.392 e. The van der Waals surface area contributed by atoms with Gasteiger partial charge in [-0.2, -0.15) is 0 Å². The number of thiocarbonyl (C=S) groups is 1. The number of hydrogen-bond acceptors (Lipinski definition) is 5. The number of rotatable bonds is 7. The van der Waals surface area contributed by atoms with E-state index in [9.17, 15) is 14.4 Å². The highest BCUT2D eigenvalue weighted by Gasteiger charge is 2.13.